The molecule has 1 aliphatic carbocycles. The van der Waals surface area contributed by atoms with Crippen LogP contribution in [0.2, 0.25) is 0 Å². The molecule has 5 rings (SSSR count). The highest BCUT2D eigenvalue weighted by molar-refractivity contribution is 7.07. The van der Waals surface area contributed by atoms with Gasteiger partial charge in [-0.15, -0.1) is 0 Å². The van der Waals surface area contributed by atoms with Crippen molar-refractivity contribution < 1.29 is 4.79 Å². The van der Waals surface area contributed by atoms with Gasteiger partial charge in [0.25, 0.3) is 0 Å². The van der Waals surface area contributed by atoms with Crippen LogP contribution in [0.15, 0.2) is 35.3 Å². The zero-order valence-corrected chi connectivity index (χ0v) is 17.6. The van der Waals surface area contributed by atoms with Crippen molar-refractivity contribution in [3.8, 4) is 0 Å². The van der Waals surface area contributed by atoms with Crippen LogP contribution >= 0.6 is 11.3 Å². The van der Waals surface area contributed by atoms with Crippen molar-refractivity contribution in [1.29, 1.82) is 0 Å². The predicted molar refractivity (Wildman–Crippen MR) is 115 cm³/mol. The quantitative estimate of drug-likeness (QED) is 0.792. The second-order valence-electron chi connectivity index (χ2n) is 8.91. The zero-order chi connectivity index (χ0) is 19.7. The third kappa shape index (κ3) is 4.03. The lowest BCUT2D eigenvalue weighted by atomic mass is 9.74. The molecule has 0 radical (unpaired) electrons. The molecule has 0 spiro atoms. The number of nitrogens with zero attached hydrogens (tertiary/aromatic N) is 4. The van der Waals surface area contributed by atoms with E-state index in [1.165, 1.54) is 18.4 Å². The Hall–Kier alpha value is -1.99. The first-order chi connectivity index (χ1) is 14.2. The van der Waals surface area contributed by atoms with Gasteiger partial charge in [0.05, 0.1) is 5.41 Å². The van der Waals surface area contributed by atoms with E-state index in [1.807, 2.05) is 6.07 Å². The highest BCUT2D eigenvalue weighted by Gasteiger charge is 2.53. The van der Waals surface area contributed by atoms with E-state index < -0.39 is 0 Å². The van der Waals surface area contributed by atoms with Gasteiger partial charge >= 0.3 is 0 Å². The van der Waals surface area contributed by atoms with Crippen molar-refractivity contribution in [1.82, 2.24) is 20.2 Å². The molecule has 29 heavy (non-hydrogen) atoms. The van der Waals surface area contributed by atoms with Crippen LogP contribution in [0.4, 0.5) is 5.95 Å². The van der Waals surface area contributed by atoms with Gasteiger partial charge in [0.2, 0.25) is 11.9 Å². The number of anilines is 1. The number of hydrogen-bond acceptors (Lipinski definition) is 6. The molecule has 0 bridgehead atoms. The summed E-state index contributed by atoms with van der Waals surface area (Å²) in [6.07, 6.45) is 8.10. The van der Waals surface area contributed by atoms with Crippen LogP contribution in [0, 0.1) is 17.3 Å². The van der Waals surface area contributed by atoms with E-state index in [9.17, 15) is 4.79 Å². The van der Waals surface area contributed by atoms with Crippen molar-refractivity contribution in [2.45, 2.75) is 32.2 Å². The van der Waals surface area contributed by atoms with Crippen molar-refractivity contribution in [3.63, 3.8) is 0 Å². The van der Waals surface area contributed by atoms with Gasteiger partial charge in [-0.1, -0.05) is 0 Å². The van der Waals surface area contributed by atoms with Crippen molar-refractivity contribution >= 4 is 23.2 Å². The van der Waals surface area contributed by atoms with Gasteiger partial charge in [-0.3, -0.25) is 9.69 Å². The minimum atomic E-state index is -0.336. The Labute approximate surface area is 176 Å². The summed E-state index contributed by atoms with van der Waals surface area (Å²) >= 11 is 1.75. The van der Waals surface area contributed by atoms with Crippen LogP contribution in [-0.2, 0) is 11.3 Å². The summed E-state index contributed by atoms with van der Waals surface area (Å²) in [5.41, 5.74) is 1.04. The number of likely N-dealkylation sites (tertiary alicyclic amines) is 1. The van der Waals surface area contributed by atoms with Crippen molar-refractivity contribution in [2.75, 3.05) is 37.6 Å². The molecule has 1 saturated carbocycles. The number of amides is 1. The van der Waals surface area contributed by atoms with Gasteiger partial charge in [-0.25, -0.2) is 9.97 Å². The summed E-state index contributed by atoms with van der Waals surface area (Å²) in [5.74, 6) is 2.00. The molecule has 1 amide bonds. The van der Waals surface area contributed by atoms with E-state index in [0.29, 0.717) is 11.8 Å². The summed E-state index contributed by atoms with van der Waals surface area (Å²) in [4.78, 5) is 27.2. The number of hydrogen-bond donors (Lipinski definition) is 1. The molecule has 0 aromatic carbocycles. The van der Waals surface area contributed by atoms with Crippen LogP contribution in [0.3, 0.4) is 0 Å². The molecule has 3 aliphatic rings. The topological polar surface area (TPSA) is 61.4 Å². The minimum Gasteiger partial charge on any atom is -0.355 e. The average Bonchev–Trinajstić information content (AvgIpc) is 3.36. The fraction of sp³-hybridized carbons (Fsp3) is 0.591. The Morgan fingerprint density at radius 1 is 1.28 bits per heavy atom. The van der Waals surface area contributed by atoms with E-state index in [1.54, 1.807) is 23.7 Å². The number of carbonyl (C=O) groups is 1. The fourth-order valence-electron chi connectivity index (χ4n) is 5.01. The molecule has 3 fully saturated rings. The number of carbonyl (C=O) groups excluding carboxylic acids is 1. The molecule has 0 unspecified atom stereocenters. The molecule has 7 heteroatoms. The number of fused-ring (bicyclic) bond motifs is 1. The van der Waals surface area contributed by atoms with Gasteiger partial charge in [-0.2, -0.15) is 11.3 Å². The summed E-state index contributed by atoms with van der Waals surface area (Å²) in [7, 11) is 0. The maximum absolute atomic E-state index is 13.5. The van der Waals surface area contributed by atoms with Gasteiger partial charge < -0.3 is 10.2 Å². The van der Waals surface area contributed by atoms with Crippen LogP contribution in [0.5, 0.6) is 0 Å². The van der Waals surface area contributed by atoms with Crippen molar-refractivity contribution in [3.05, 3.63) is 40.8 Å². The predicted octanol–water partition coefficient (Wildman–Crippen LogP) is 2.78. The first kappa shape index (κ1) is 19.0. The molecule has 4 heterocycles. The standard InChI is InChI=1S/C22H29N5OS/c28-20(25-11-17-3-4-17)22-6-1-9-26(12-18-5-10-29-15-18)13-19(22)14-27(16-22)21-23-7-2-8-24-21/h2,5,7-8,10,15,17,19H,1,3-4,6,9,11-14,16H2,(H,25,28)/t19-,22+/m0/s1. The second kappa shape index (κ2) is 8.03. The number of nitrogens with one attached hydrogen (secondary N) is 1. The van der Waals surface area contributed by atoms with Crippen molar-refractivity contribution in [2.24, 2.45) is 17.3 Å². The average molecular weight is 412 g/mol. The maximum atomic E-state index is 13.5. The van der Waals surface area contributed by atoms with Crippen LogP contribution in [-0.4, -0.2) is 53.5 Å². The van der Waals surface area contributed by atoms with E-state index in [-0.39, 0.29) is 11.3 Å². The monoisotopic (exact) mass is 411 g/mol. The van der Waals surface area contributed by atoms with Gasteiger partial charge in [0.1, 0.15) is 0 Å². The molecular formula is C22H29N5OS. The Kier molecular flexibility index (Phi) is 5.26. The van der Waals surface area contributed by atoms with E-state index in [2.05, 4.69) is 41.9 Å². The summed E-state index contributed by atoms with van der Waals surface area (Å²) in [6, 6.07) is 4.06. The first-order valence-corrected chi connectivity index (χ1v) is 11.7. The van der Waals surface area contributed by atoms with Gasteiger partial charge in [0.15, 0.2) is 0 Å². The zero-order valence-electron chi connectivity index (χ0n) is 16.8. The third-order valence-electron chi connectivity index (χ3n) is 6.79. The highest BCUT2D eigenvalue weighted by atomic mass is 32.1. The van der Waals surface area contributed by atoms with E-state index in [0.717, 1.165) is 58.1 Å². The maximum Gasteiger partial charge on any atom is 0.228 e. The molecule has 2 saturated heterocycles. The number of rotatable bonds is 6. The molecule has 6 nitrogen and oxygen atoms in total. The van der Waals surface area contributed by atoms with Crippen LogP contribution < -0.4 is 10.2 Å². The summed E-state index contributed by atoms with van der Waals surface area (Å²) in [5, 5.41) is 7.69. The first-order valence-electron chi connectivity index (χ1n) is 10.8. The smallest absolute Gasteiger partial charge is 0.228 e. The summed E-state index contributed by atoms with van der Waals surface area (Å²) < 4.78 is 0. The minimum absolute atomic E-state index is 0.255. The lowest BCUT2D eigenvalue weighted by Gasteiger charge is -2.32. The fourth-order valence-corrected chi connectivity index (χ4v) is 5.67. The van der Waals surface area contributed by atoms with Crippen LogP contribution in [0.1, 0.15) is 31.2 Å². The Morgan fingerprint density at radius 3 is 2.90 bits per heavy atom. The lowest BCUT2D eigenvalue weighted by Crippen LogP contribution is -2.48. The Morgan fingerprint density at radius 2 is 2.14 bits per heavy atom. The molecule has 1 N–H and O–H groups in total. The van der Waals surface area contributed by atoms with E-state index >= 15 is 0 Å². The largest absolute Gasteiger partial charge is 0.355 e. The normalized spacial score (nSPS) is 27.4. The molecule has 154 valence electrons. The molecule has 2 aromatic heterocycles. The third-order valence-corrected chi connectivity index (χ3v) is 7.52. The van der Waals surface area contributed by atoms with Crippen LogP contribution in [0.25, 0.3) is 0 Å². The van der Waals surface area contributed by atoms with Gasteiger partial charge in [0, 0.05) is 51.0 Å². The van der Waals surface area contributed by atoms with Gasteiger partial charge in [-0.05, 0) is 66.6 Å². The number of thiophene rings is 1. The summed E-state index contributed by atoms with van der Waals surface area (Å²) in [6.45, 7) is 5.41. The molecule has 2 atom stereocenters. The van der Waals surface area contributed by atoms with E-state index in [4.69, 9.17) is 0 Å². The lowest BCUT2D eigenvalue weighted by molar-refractivity contribution is -0.132. The second-order valence-corrected chi connectivity index (χ2v) is 9.69. The Balaban J connectivity index is 1.37. The SMILES string of the molecule is O=C(NCC1CC1)[C@@]12CCCN(Cc3ccsc3)C[C@H]1CN(c1ncccn1)C2. The number of aromatic nitrogens is 2. The molecule has 2 aromatic rings. The highest BCUT2D eigenvalue weighted by Crippen LogP contribution is 2.44. The molecular weight excluding hydrogens is 382 g/mol. The Bertz CT molecular complexity index is 825. The molecule has 2 aliphatic heterocycles.